The second-order valence-corrected chi connectivity index (χ2v) is 8.49. The van der Waals surface area contributed by atoms with E-state index in [1.807, 2.05) is 29.7 Å². The van der Waals surface area contributed by atoms with Crippen molar-refractivity contribution < 1.29 is 0 Å². The minimum atomic E-state index is 0.357. The highest BCUT2D eigenvalue weighted by molar-refractivity contribution is 5.61. The van der Waals surface area contributed by atoms with E-state index in [-0.39, 0.29) is 0 Å². The molecule has 9 nitrogen and oxygen atoms in total. The summed E-state index contributed by atoms with van der Waals surface area (Å²) in [7, 11) is 0. The van der Waals surface area contributed by atoms with Crippen LogP contribution in [0.2, 0.25) is 0 Å². The lowest BCUT2D eigenvalue weighted by molar-refractivity contribution is 0.127. The molecule has 0 spiro atoms. The van der Waals surface area contributed by atoms with Crippen LogP contribution in [-0.4, -0.2) is 54.6 Å². The van der Waals surface area contributed by atoms with Crippen molar-refractivity contribution in [3.63, 3.8) is 0 Å². The molecule has 2 bridgehead atoms. The summed E-state index contributed by atoms with van der Waals surface area (Å²) in [5, 5.41) is 23.1. The van der Waals surface area contributed by atoms with E-state index in [4.69, 9.17) is 10.2 Å². The fraction of sp³-hybridized carbons (Fsp3) is 0.524. The van der Waals surface area contributed by atoms with E-state index in [2.05, 4.69) is 36.8 Å². The van der Waals surface area contributed by atoms with Gasteiger partial charge >= 0.3 is 0 Å². The normalized spacial score (nSPS) is 23.9. The summed E-state index contributed by atoms with van der Waals surface area (Å²) < 4.78 is 2.00. The van der Waals surface area contributed by atoms with Crippen molar-refractivity contribution in [1.29, 1.82) is 5.26 Å². The first-order chi connectivity index (χ1) is 14.7. The van der Waals surface area contributed by atoms with Gasteiger partial charge in [-0.2, -0.15) is 15.3 Å². The Hall–Kier alpha value is -3.12. The lowest BCUT2D eigenvalue weighted by Crippen LogP contribution is -2.41. The van der Waals surface area contributed by atoms with Gasteiger partial charge in [-0.05, 0) is 38.5 Å². The van der Waals surface area contributed by atoms with Gasteiger partial charge in [0.2, 0.25) is 5.95 Å². The molecule has 0 aromatic carbocycles. The highest BCUT2D eigenvalue weighted by Crippen LogP contribution is 2.34. The van der Waals surface area contributed by atoms with Crippen molar-refractivity contribution in [3.8, 4) is 6.07 Å². The Labute approximate surface area is 175 Å². The van der Waals surface area contributed by atoms with E-state index >= 15 is 0 Å². The standard InChI is InChI=1S/C21H27N9/c1-14-9-19(28-27-14)25-18-12-20-23-6-8-30(20)21(26-18)24-16-10-15-3-4-17(11-16)29(13-15)7-2-5-22/h6,8-9,12,15-17H,2-4,7,10-11,13H2,1H3,(H,24,26)(H2,25,27,28)/t15?,16-,17+/m0/s1. The number of imidazole rings is 1. The number of aromatic nitrogens is 5. The van der Waals surface area contributed by atoms with Gasteiger partial charge in [-0.25, -0.2) is 4.98 Å². The lowest BCUT2D eigenvalue weighted by Gasteiger charge is -2.36. The van der Waals surface area contributed by atoms with E-state index in [0.29, 0.717) is 24.4 Å². The van der Waals surface area contributed by atoms with Gasteiger partial charge in [-0.15, -0.1) is 0 Å². The van der Waals surface area contributed by atoms with Crippen LogP contribution in [0.15, 0.2) is 24.5 Å². The topological polar surface area (TPSA) is 110 Å². The van der Waals surface area contributed by atoms with Gasteiger partial charge in [-0.1, -0.05) is 0 Å². The molecule has 3 N–H and O–H groups in total. The maximum atomic E-state index is 8.98. The first kappa shape index (κ1) is 18.9. The number of hydrogen-bond donors (Lipinski definition) is 3. The number of aromatic amines is 1. The van der Waals surface area contributed by atoms with Crippen LogP contribution in [0, 0.1) is 24.2 Å². The fourth-order valence-corrected chi connectivity index (χ4v) is 4.94. The Morgan fingerprint density at radius 2 is 2.20 bits per heavy atom. The minimum absolute atomic E-state index is 0.357. The van der Waals surface area contributed by atoms with Crippen molar-refractivity contribution in [2.45, 2.75) is 51.1 Å². The molecule has 0 radical (unpaired) electrons. The number of nitriles is 1. The van der Waals surface area contributed by atoms with Crippen LogP contribution >= 0.6 is 0 Å². The number of hydrogen-bond acceptors (Lipinski definition) is 7. The van der Waals surface area contributed by atoms with Crippen LogP contribution in [0.25, 0.3) is 5.65 Å². The van der Waals surface area contributed by atoms with E-state index in [0.717, 1.165) is 54.9 Å². The molecule has 2 aliphatic heterocycles. The summed E-state index contributed by atoms with van der Waals surface area (Å²) in [6.07, 6.45) is 9.06. The highest BCUT2D eigenvalue weighted by atomic mass is 15.3. The molecule has 3 atom stereocenters. The quantitative estimate of drug-likeness (QED) is 0.578. The molecule has 3 aliphatic rings. The van der Waals surface area contributed by atoms with Crippen LogP contribution in [-0.2, 0) is 0 Å². The zero-order valence-electron chi connectivity index (χ0n) is 17.2. The second-order valence-electron chi connectivity index (χ2n) is 8.49. The van der Waals surface area contributed by atoms with Gasteiger partial charge < -0.3 is 10.6 Å². The number of piperidine rings is 1. The zero-order valence-corrected chi connectivity index (χ0v) is 17.2. The van der Waals surface area contributed by atoms with Crippen molar-refractivity contribution in [1.82, 2.24) is 29.5 Å². The van der Waals surface area contributed by atoms with E-state index in [1.165, 1.54) is 12.8 Å². The molecule has 6 rings (SSSR count). The largest absolute Gasteiger partial charge is 0.352 e. The van der Waals surface area contributed by atoms with Crippen LogP contribution < -0.4 is 10.6 Å². The molecule has 3 fully saturated rings. The monoisotopic (exact) mass is 405 g/mol. The first-order valence-corrected chi connectivity index (χ1v) is 10.7. The third kappa shape index (κ3) is 3.83. The SMILES string of the molecule is Cc1cc(Nc2cc3nccn3c(N[C@H]3CC4CC[C@H](C3)N(CCC#N)C4)n2)n[nH]1. The van der Waals surface area contributed by atoms with Crippen LogP contribution in [0.4, 0.5) is 17.6 Å². The smallest absolute Gasteiger partial charge is 0.210 e. The molecular weight excluding hydrogens is 378 g/mol. The molecule has 156 valence electrons. The maximum absolute atomic E-state index is 8.98. The van der Waals surface area contributed by atoms with Gasteiger partial charge in [-0.3, -0.25) is 14.4 Å². The molecular formula is C21H27N9. The third-order valence-corrected chi connectivity index (χ3v) is 6.29. The first-order valence-electron chi connectivity index (χ1n) is 10.7. The highest BCUT2D eigenvalue weighted by Gasteiger charge is 2.35. The molecule has 9 heteroatoms. The van der Waals surface area contributed by atoms with Crippen LogP contribution in [0.5, 0.6) is 0 Å². The Morgan fingerprint density at radius 1 is 1.27 bits per heavy atom. The predicted octanol–water partition coefficient (Wildman–Crippen LogP) is 3.07. The molecule has 1 aliphatic carbocycles. The van der Waals surface area contributed by atoms with Crippen molar-refractivity contribution in [3.05, 3.63) is 30.2 Å². The molecule has 3 aromatic heterocycles. The molecule has 30 heavy (non-hydrogen) atoms. The number of aryl methyl sites for hydroxylation is 1. The van der Waals surface area contributed by atoms with Gasteiger partial charge in [0.05, 0.1) is 6.07 Å². The number of H-pyrrole nitrogens is 1. The lowest BCUT2D eigenvalue weighted by atomic mass is 9.94. The third-order valence-electron chi connectivity index (χ3n) is 6.29. The van der Waals surface area contributed by atoms with Gasteiger partial charge in [0.1, 0.15) is 11.5 Å². The number of rotatable bonds is 6. The average molecular weight is 406 g/mol. The molecule has 1 unspecified atom stereocenters. The van der Waals surface area contributed by atoms with Gasteiger partial charge in [0, 0.05) is 61.8 Å². The fourth-order valence-electron chi connectivity index (χ4n) is 4.94. The summed E-state index contributed by atoms with van der Waals surface area (Å²) in [5.41, 5.74) is 1.84. The summed E-state index contributed by atoms with van der Waals surface area (Å²) >= 11 is 0. The van der Waals surface area contributed by atoms with E-state index in [9.17, 15) is 0 Å². The molecule has 5 heterocycles. The minimum Gasteiger partial charge on any atom is -0.352 e. The van der Waals surface area contributed by atoms with Gasteiger partial charge in [0.15, 0.2) is 5.82 Å². The Kier molecular flexibility index (Phi) is 5.01. The van der Waals surface area contributed by atoms with Gasteiger partial charge in [0.25, 0.3) is 0 Å². The van der Waals surface area contributed by atoms with Crippen molar-refractivity contribution in [2.24, 2.45) is 5.92 Å². The Bertz CT molecular complexity index is 1060. The summed E-state index contributed by atoms with van der Waals surface area (Å²) in [5.74, 6) is 2.93. The summed E-state index contributed by atoms with van der Waals surface area (Å²) in [4.78, 5) is 11.8. The second kappa shape index (κ2) is 7.95. The summed E-state index contributed by atoms with van der Waals surface area (Å²) in [6, 6.07) is 7.07. The number of fused-ring (bicyclic) bond motifs is 5. The van der Waals surface area contributed by atoms with Crippen molar-refractivity contribution in [2.75, 3.05) is 23.7 Å². The molecule has 2 saturated heterocycles. The molecule has 1 saturated carbocycles. The Morgan fingerprint density at radius 3 is 3.03 bits per heavy atom. The summed E-state index contributed by atoms with van der Waals surface area (Å²) in [6.45, 7) is 3.96. The number of nitrogens with one attached hydrogen (secondary N) is 3. The van der Waals surface area contributed by atoms with Crippen LogP contribution in [0.3, 0.4) is 0 Å². The number of anilines is 3. The molecule has 3 aromatic rings. The number of nitrogens with zero attached hydrogens (tertiary/aromatic N) is 6. The van der Waals surface area contributed by atoms with E-state index < -0.39 is 0 Å². The van der Waals surface area contributed by atoms with E-state index in [1.54, 1.807) is 6.20 Å². The predicted molar refractivity (Wildman–Crippen MR) is 115 cm³/mol. The Balaban J connectivity index is 1.37. The maximum Gasteiger partial charge on any atom is 0.210 e. The average Bonchev–Trinajstić information content (AvgIpc) is 3.27. The zero-order chi connectivity index (χ0) is 20.5. The van der Waals surface area contributed by atoms with Crippen molar-refractivity contribution >= 4 is 23.2 Å². The molecule has 0 amide bonds. The van der Waals surface area contributed by atoms with Crippen LogP contribution in [0.1, 0.15) is 37.8 Å².